The molecule has 4 aliphatic rings. The van der Waals surface area contributed by atoms with Gasteiger partial charge in [-0.2, -0.15) is 10.2 Å². The normalized spacial score (nSPS) is 26.1. The van der Waals surface area contributed by atoms with E-state index in [1.165, 1.54) is 36.4 Å². The Hall–Kier alpha value is -5.93. The second kappa shape index (κ2) is 14.7. The summed E-state index contributed by atoms with van der Waals surface area (Å²) in [6.07, 6.45) is 2.37. The Labute approximate surface area is 349 Å². The molecular formula is C43H32Cl2F5N5O5. The molecule has 3 fully saturated rings. The highest BCUT2D eigenvalue weighted by atomic mass is 35.5. The van der Waals surface area contributed by atoms with Gasteiger partial charge in [-0.3, -0.25) is 24.1 Å². The van der Waals surface area contributed by atoms with Crippen LogP contribution in [0.4, 0.5) is 50.4 Å². The number of fused-ring (bicyclic) bond motifs is 4. The second-order valence-electron chi connectivity index (χ2n) is 15.2. The highest BCUT2D eigenvalue weighted by Crippen LogP contribution is 2.67. The molecule has 17 heteroatoms. The molecular weight excluding hydrogens is 832 g/mol. The molecule has 4 aromatic carbocycles. The number of alkyl halides is 2. The number of halogens is 7. The number of hydrogen-bond donors (Lipinski definition) is 1. The van der Waals surface area contributed by atoms with Crippen LogP contribution in [0.5, 0.6) is 5.75 Å². The summed E-state index contributed by atoms with van der Waals surface area (Å²) in [7, 11) is 3.81. The van der Waals surface area contributed by atoms with E-state index in [4.69, 9.17) is 23.2 Å². The van der Waals surface area contributed by atoms with Crippen molar-refractivity contribution in [2.45, 2.75) is 34.9 Å². The molecule has 8 rings (SSSR count). The van der Waals surface area contributed by atoms with Crippen molar-refractivity contribution < 1.29 is 46.2 Å². The minimum absolute atomic E-state index is 0.0775. The Bertz CT molecular complexity index is 2580. The van der Waals surface area contributed by atoms with Gasteiger partial charge in [0.05, 0.1) is 28.9 Å². The molecule has 0 spiro atoms. The number of phenols is 1. The molecule has 2 aliphatic carbocycles. The number of rotatable bonds is 8. The predicted molar refractivity (Wildman–Crippen MR) is 212 cm³/mol. The van der Waals surface area contributed by atoms with E-state index in [0.29, 0.717) is 11.4 Å². The van der Waals surface area contributed by atoms with E-state index in [1.807, 2.05) is 31.1 Å². The summed E-state index contributed by atoms with van der Waals surface area (Å²) in [6, 6.07) is 17.9. The lowest BCUT2D eigenvalue weighted by Gasteiger charge is -2.50. The summed E-state index contributed by atoms with van der Waals surface area (Å²) >= 11 is 14.4. The van der Waals surface area contributed by atoms with E-state index in [2.05, 4.69) is 16.8 Å². The fourth-order valence-corrected chi connectivity index (χ4v) is 9.86. The molecule has 0 unspecified atom stereocenters. The number of carbonyl (C=O) groups excluding carboxylic acids is 4. The first-order chi connectivity index (χ1) is 28.5. The second-order valence-corrected chi connectivity index (χ2v) is 16.4. The molecule has 0 radical (unpaired) electrons. The number of anilines is 3. The van der Waals surface area contributed by atoms with Crippen LogP contribution in [-0.2, 0) is 25.6 Å². The molecule has 0 bridgehead atoms. The molecule has 10 nitrogen and oxygen atoms in total. The Morgan fingerprint density at radius 3 is 1.97 bits per heavy atom. The third-order valence-corrected chi connectivity index (χ3v) is 13.2. The van der Waals surface area contributed by atoms with E-state index in [0.717, 1.165) is 10.6 Å². The van der Waals surface area contributed by atoms with Crippen molar-refractivity contribution >= 4 is 75.3 Å². The predicted octanol–water partition coefficient (Wildman–Crippen LogP) is 9.07. The number of benzene rings is 4. The van der Waals surface area contributed by atoms with E-state index in [1.54, 1.807) is 30.3 Å². The first-order valence-corrected chi connectivity index (χ1v) is 19.3. The van der Waals surface area contributed by atoms with E-state index < -0.39 is 104 Å². The third-order valence-electron chi connectivity index (χ3n) is 11.8. The SMILES string of the molecule is C=CCc1cccc([C@H]2C3=CC[C@@H]4C(=O)N(c5ccc(N=Nc6ccc(N(C)C)cc6)cc5)C(=O)[C@@H]4[C@@H]3C[C@@]3(Cl)C(=O)N(c4c(F)c(F)c(F)c(F)c4F)C(=O)[C@@]23Cl)c1O. The maximum atomic E-state index is 15.4. The van der Waals surface area contributed by atoms with E-state index in [-0.39, 0.29) is 40.1 Å². The van der Waals surface area contributed by atoms with Crippen molar-refractivity contribution in [2.75, 3.05) is 28.8 Å². The van der Waals surface area contributed by atoms with Gasteiger partial charge in [-0.05, 0) is 79.3 Å². The van der Waals surface area contributed by atoms with Crippen LogP contribution in [0.1, 0.15) is 29.9 Å². The lowest BCUT2D eigenvalue weighted by molar-refractivity contribution is -0.125. The molecule has 0 aromatic heterocycles. The number of nitrogens with zero attached hydrogens (tertiary/aromatic N) is 5. The summed E-state index contributed by atoms with van der Waals surface area (Å²) in [5.41, 5.74) is 0.670. The zero-order chi connectivity index (χ0) is 43.2. The Morgan fingerprint density at radius 2 is 1.38 bits per heavy atom. The van der Waals surface area contributed by atoms with Crippen LogP contribution < -0.4 is 14.7 Å². The highest BCUT2D eigenvalue weighted by Gasteiger charge is 2.77. The first-order valence-electron chi connectivity index (χ1n) is 18.5. The largest absolute Gasteiger partial charge is 0.507 e. The first kappa shape index (κ1) is 40.8. The number of azo groups is 1. The van der Waals surface area contributed by atoms with Crippen molar-refractivity contribution in [1.82, 2.24) is 0 Å². The van der Waals surface area contributed by atoms with Crippen molar-refractivity contribution in [3.05, 3.63) is 131 Å². The number of imide groups is 2. The molecule has 4 aromatic rings. The Kier molecular flexibility index (Phi) is 9.98. The summed E-state index contributed by atoms with van der Waals surface area (Å²) < 4.78 is 74.1. The molecule has 2 saturated heterocycles. The van der Waals surface area contributed by atoms with Crippen LogP contribution in [0.25, 0.3) is 0 Å². The topological polar surface area (TPSA) is 123 Å². The van der Waals surface area contributed by atoms with Crippen LogP contribution in [0.2, 0.25) is 0 Å². The van der Waals surface area contributed by atoms with Crippen molar-refractivity contribution in [1.29, 1.82) is 0 Å². The van der Waals surface area contributed by atoms with Crippen LogP contribution in [0, 0.1) is 46.8 Å². The summed E-state index contributed by atoms with van der Waals surface area (Å²) in [5.74, 6) is -22.4. The van der Waals surface area contributed by atoms with Crippen LogP contribution >= 0.6 is 23.2 Å². The third kappa shape index (κ3) is 5.80. The molecule has 308 valence electrons. The number of para-hydroxylation sites is 1. The molecule has 6 atom stereocenters. The van der Waals surface area contributed by atoms with Crippen molar-refractivity contribution in [3.8, 4) is 5.75 Å². The molecule has 2 heterocycles. The molecule has 1 N–H and O–H groups in total. The quantitative estimate of drug-likeness (QED) is 0.0359. The number of allylic oxidation sites excluding steroid dienone is 3. The number of aromatic hydroxyl groups is 1. The van der Waals surface area contributed by atoms with Crippen LogP contribution in [0.15, 0.2) is 101 Å². The minimum atomic E-state index is -2.78. The fraction of sp³-hybridized carbons (Fsp3) is 0.256. The van der Waals surface area contributed by atoms with E-state index >= 15 is 8.78 Å². The van der Waals surface area contributed by atoms with Crippen LogP contribution in [-0.4, -0.2) is 52.6 Å². The molecule has 2 aliphatic heterocycles. The maximum Gasteiger partial charge on any atom is 0.258 e. The van der Waals surface area contributed by atoms with Crippen molar-refractivity contribution in [2.24, 2.45) is 28.0 Å². The van der Waals surface area contributed by atoms with Gasteiger partial charge in [-0.1, -0.05) is 35.9 Å². The average Bonchev–Trinajstić information content (AvgIpc) is 3.57. The van der Waals surface area contributed by atoms with Gasteiger partial charge in [0.25, 0.3) is 11.8 Å². The standard InChI is InChI=1S/C43H32Cl2F5N5O5/c1-4-6-20-7-5-8-27(37(20)56)30-25-17-18-26-29(39(58)54(38(26)57)24-15-11-22(12-16-24)52-51-21-9-13-23(14-10-21)53(2)3)28(25)19-42(44)40(59)55(41(60)43(30,42)45)36-34(49)32(47)31(46)33(48)35(36)50/h4-5,7-17,26,28-30,56H,1,6,18-19H2,2-3H3/t26-,28+,29-,30+,42+,43-/m0/s1. The van der Waals surface area contributed by atoms with Gasteiger partial charge in [0.1, 0.15) is 11.4 Å². The minimum Gasteiger partial charge on any atom is -0.507 e. The summed E-state index contributed by atoms with van der Waals surface area (Å²) in [4.78, 5) is 54.9. The van der Waals surface area contributed by atoms with Gasteiger partial charge in [-0.25, -0.2) is 26.9 Å². The Morgan fingerprint density at radius 1 is 0.800 bits per heavy atom. The van der Waals surface area contributed by atoms with Gasteiger partial charge in [0.2, 0.25) is 17.6 Å². The maximum absolute atomic E-state index is 15.4. The monoisotopic (exact) mass is 863 g/mol. The molecule has 1 saturated carbocycles. The number of carbonyl (C=O) groups is 4. The lowest BCUT2D eigenvalue weighted by atomic mass is 9.56. The molecule has 60 heavy (non-hydrogen) atoms. The van der Waals surface area contributed by atoms with Gasteiger partial charge in [-0.15, -0.1) is 29.8 Å². The Balaban J connectivity index is 1.20. The zero-order valence-corrected chi connectivity index (χ0v) is 33.1. The smallest absolute Gasteiger partial charge is 0.258 e. The van der Waals surface area contributed by atoms with Crippen molar-refractivity contribution in [3.63, 3.8) is 0 Å². The van der Waals surface area contributed by atoms with Gasteiger partial charge < -0.3 is 10.0 Å². The fourth-order valence-electron chi connectivity index (χ4n) is 8.93. The number of hydrogen-bond acceptors (Lipinski definition) is 8. The van der Waals surface area contributed by atoms with E-state index in [9.17, 15) is 37.5 Å². The van der Waals surface area contributed by atoms with Gasteiger partial charge in [0, 0.05) is 31.3 Å². The van der Waals surface area contributed by atoms with Gasteiger partial charge >= 0.3 is 0 Å². The lowest BCUT2D eigenvalue weighted by Crippen LogP contribution is -2.60. The zero-order valence-electron chi connectivity index (χ0n) is 31.6. The number of phenolic OH excluding ortho intramolecular Hbond substituents is 1. The van der Waals surface area contributed by atoms with Crippen LogP contribution in [0.3, 0.4) is 0 Å². The van der Waals surface area contributed by atoms with Gasteiger partial charge in [0.15, 0.2) is 33.0 Å². The molecule has 4 amide bonds. The highest BCUT2D eigenvalue weighted by molar-refractivity contribution is 6.58. The number of amides is 4. The summed E-state index contributed by atoms with van der Waals surface area (Å²) in [5, 5.41) is 20.1. The summed E-state index contributed by atoms with van der Waals surface area (Å²) in [6.45, 7) is 3.68. The average molecular weight is 865 g/mol.